The van der Waals surface area contributed by atoms with E-state index < -0.39 is 17.6 Å². The van der Waals surface area contributed by atoms with E-state index >= 15 is 0 Å². The Morgan fingerprint density at radius 2 is 1.16 bits per heavy atom. The van der Waals surface area contributed by atoms with Crippen LogP contribution >= 0.6 is 0 Å². The quantitative estimate of drug-likeness (QED) is 0.233. The van der Waals surface area contributed by atoms with Crippen LogP contribution in [0.2, 0.25) is 0 Å². The topological polar surface area (TPSA) is 90.2 Å². The van der Waals surface area contributed by atoms with Crippen LogP contribution in [0.5, 0.6) is 0 Å². The summed E-state index contributed by atoms with van der Waals surface area (Å²) in [6.45, 7) is 3.78. The van der Waals surface area contributed by atoms with E-state index in [1.807, 2.05) is 98.8 Å². The summed E-state index contributed by atoms with van der Waals surface area (Å²) in [4.78, 5) is 44.4. The van der Waals surface area contributed by atoms with Crippen molar-refractivity contribution >= 4 is 17.7 Å². The van der Waals surface area contributed by atoms with Gasteiger partial charge < -0.3 is 15.5 Å². The molecular formula is C36H47N5O3. The van der Waals surface area contributed by atoms with Gasteiger partial charge in [0.15, 0.2) is 0 Å². The predicted octanol–water partition coefficient (Wildman–Crippen LogP) is 4.41. The first-order chi connectivity index (χ1) is 20.8. The minimum Gasteiger partial charge on any atom is -0.332 e. The summed E-state index contributed by atoms with van der Waals surface area (Å²) >= 11 is 0. The molecule has 0 aromatic heterocycles. The summed E-state index contributed by atoms with van der Waals surface area (Å²) in [6, 6.07) is 26.1. The van der Waals surface area contributed by atoms with Gasteiger partial charge in [0.1, 0.15) is 12.1 Å². The summed E-state index contributed by atoms with van der Waals surface area (Å²) in [5, 5.41) is 3.19. The molecule has 0 spiro atoms. The Morgan fingerprint density at radius 3 is 1.68 bits per heavy atom. The number of carbonyl (C=O) groups is 3. The first-order valence-corrected chi connectivity index (χ1v) is 14.9. The number of hydrazine groups is 1. The molecule has 0 radical (unpaired) electrons. The van der Waals surface area contributed by atoms with E-state index in [1.165, 1.54) is 20.9 Å². The zero-order chi connectivity index (χ0) is 32.4. The van der Waals surface area contributed by atoms with Crippen LogP contribution in [0.3, 0.4) is 0 Å². The number of nitrogens with two attached hydrogens (primary N) is 1. The van der Waals surface area contributed by atoms with Crippen LogP contribution in [0.15, 0.2) is 97.1 Å². The number of amides is 3. The summed E-state index contributed by atoms with van der Waals surface area (Å²) in [5.74, 6) is -0.847. The lowest BCUT2D eigenvalue weighted by molar-refractivity contribution is -0.154. The van der Waals surface area contributed by atoms with Gasteiger partial charge in [0, 0.05) is 53.6 Å². The molecule has 1 unspecified atom stereocenters. The second-order valence-electron chi connectivity index (χ2n) is 12.2. The lowest BCUT2D eigenvalue weighted by atomic mass is 9.98. The van der Waals surface area contributed by atoms with E-state index in [0.29, 0.717) is 12.8 Å². The molecule has 3 aromatic carbocycles. The minimum atomic E-state index is -0.846. The van der Waals surface area contributed by atoms with E-state index in [-0.39, 0.29) is 24.1 Å². The van der Waals surface area contributed by atoms with Crippen molar-refractivity contribution in [1.82, 2.24) is 19.8 Å². The Labute approximate surface area is 262 Å². The maximum absolute atomic E-state index is 14.3. The number of hydrogen-bond donors (Lipinski definition) is 1. The van der Waals surface area contributed by atoms with Gasteiger partial charge in [0.2, 0.25) is 11.8 Å². The van der Waals surface area contributed by atoms with E-state index in [9.17, 15) is 14.4 Å². The van der Waals surface area contributed by atoms with Crippen molar-refractivity contribution in [2.45, 2.75) is 50.7 Å². The zero-order valence-electron chi connectivity index (χ0n) is 27.1. The summed E-state index contributed by atoms with van der Waals surface area (Å²) in [7, 11) is 8.53. The standard InChI is InChI=1S/C36H47N5O3/c1-36(2,37)24-14-19-33(42)39(5)31(26-28-20-22-30(23-21-28)29-17-12-9-13-18-29)34(43)40(6)32(35(44)41(7)38(3)4)25-27-15-10-8-11-16-27/h8-23,31-32H,24-26,37H2,1-7H3/b19-14+/t31-,32?/m1/s1. The van der Waals surface area contributed by atoms with E-state index in [0.717, 1.165) is 22.3 Å². The van der Waals surface area contributed by atoms with Gasteiger partial charge in [-0.15, -0.1) is 0 Å². The highest BCUT2D eigenvalue weighted by Gasteiger charge is 2.36. The molecule has 44 heavy (non-hydrogen) atoms. The van der Waals surface area contributed by atoms with E-state index in [4.69, 9.17) is 5.73 Å². The largest absolute Gasteiger partial charge is 0.332 e. The monoisotopic (exact) mass is 597 g/mol. The second-order valence-corrected chi connectivity index (χ2v) is 12.2. The maximum atomic E-state index is 14.3. The molecule has 3 aromatic rings. The number of hydrogen-bond acceptors (Lipinski definition) is 5. The van der Waals surface area contributed by atoms with Crippen LogP contribution in [-0.4, -0.2) is 90.4 Å². The van der Waals surface area contributed by atoms with Crippen molar-refractivity contribution in [2.75, 3.05) is 35.2 Å². The van der Waals surface area contributed by atoms with Gasteiger partial charge in [0.05, 0.1) is 0 Å². The summed E-state index contributed by atoms with van der Waals surface area (Å²) in [6.07, 6.45) is 4.34. The molecule has 0 saturated carbocycles. The average molecular weight is 598 g/mol. The van der Waals surface area contributed by atoms with Crippen LogP contribution in [0, 0.1) is 0 Å². The van der Waals surface area contributed by atoms with Gasteiger partial charge in [-0.2, -0.15) is 0 Å². The van der Waals surface area contributed by atoms with Crippen molar-refractivity contribution in [1.29, 1.82) is 0 Å². The normalized spacial score (nSPS) is 13.0. The molecule has 3 rings (SSSR count). The maximum Gasteiger partial charge on any atom is 0.259 e. The van der Waals surface area contributed by atoms with Crippen molar-refractivity contribution in [3.8, 4) is 11.1 Å². The molecule has 8 heteroatoms. The number of likely N-dealkylation sites (N-methyl/N-ethyl adjacent to an activating group) is 3. The highest BCUT2D eigenvalue weighted by atomic mass is 16.2. The zero-order valence-corrected chi connectivity index (χ0v) is 27.1. The van der Waals surface area contributed by atoms with Crippen molar-refractivity contribution in [3.05, 3.63) is 108 Å². The third kappa shape index (κ3) is 9.62. The van der Waals surface area contributed by atoms with Crippen molar-refractivity contribution in [3.63, 3.8) is 0 Å². The first kappa shape index (κ1) is 34.2. The number of rotatable bonds is 13. The van der Waals surface area contributed by atoms with Gasteiger partial charge >= 0.3 is 0 Å². The third-order valence-electron chi connectivity index (χ3n) is 7.79. The minimum absolute atomic E-state index is 0.222. The molecule has 0 bridgehead atoms. The number of benzene rings is 3. The summed E-state index contributed by atoms with van der Waals surface area (Å²) < 4.78 is 0. The van der Waals surface area contributed by atoms with Gasteiger partial charge in [-0.3, -0.25) is 19.4 Å². The van der Waals surface area contributed by atoms with Crippen LogP contribution < -0.4 is 5.73 Å². The molecule has 0 fully saturated rings. The highest BCUT2D eigenvalue weighted by molar-refractivity contribution is 5.95. The average Bonchev–Trinajstić information content (AvgIpc) is 3.01. The fourth-order valence-corrected chi connectivity index (χ4v) is 4.84. The van der Waals surface area contributed by atoms with E-state index in [2.05, 4.69) is 0 Å². The second kappa shape index (κ2) is 15.5. The van der Waals surface area contributed by atoms with Gasteiger partial charge in [-0.1, -0.05) is 91.0 Å². The SMILES string of the molecule is CN(C(=O)[C@@H](Cc1ccc(-c2ccccc2)cc1)N(C)C(=O)/C=C/CC(C)(C)N)C(Cc1ccccc1)C(=O)N(C)N(C)C. The number of nitrogens with zero attached hydrogens (tertiary/aromatic N) is 4. The molecule has 2 atom stereocenters. The van der Waals surface area contributed by atoms with Crippen LogP contribution in [0.4, 0.5) is 0 Å². The Hall–Kier alpha value is -4.27. The Morgan fingerprint density at radius 1 is 0.682 bits per heavy atom. The lowest BCUT2D eigenvalue weighted by Gasteiger charge is -2.37. The predicted molar refractivity (Wildman–Crippen MR) is 177 cm³/mol. The van der Waals surface area contributed by atoms with Crippen LogP contribution in [-0.2, 0) is 27.2 Å². The Bertz CT molecular complexity index is 1400. The molecule has 234 valence electrons. The molecule has 2 N–H and O–H groups in total. The fourth-order valence-electron chi connectivity index (χ4n) is 4.84. The van der Waals surface area contributed by atoms with Crippen molar-refractivity contribution < 1.29 is 14.4 Å². The molecule has 8 nitrogen and oxygen atoms in total. The third-order valence-corrected chi connectivity index (χ3v) is 7.79. The molecule has 3 amide bonds. The molecule has 0 saturated heterocycles. The smallest absolute Gasteiger partial charge is 0.259 e. The number of carbonyl (C=O) groups excluding carboxylic acids is 3. The molecular weight excluding hydrogens is 550 g/mol. The Kier molecular flexibility index (Phi) is 12.0. The van der Waals surface area contributed by atoms with Gasteiger partial charge in [0.25, 0.3) is 5.91 Å². The Balaban J connectivity index is 1.95. The summed E-state index contributed by atoms with van der Waals surface area (Å²) in [5.41, 5.74) is 9.63. The molecule has 0 aliphatic carbocycles. The molecule has 0 heterocycles. The molecule has 0 aliphatic rings. The fraction of sp³-hybridized carbons (Fsp3) is 0.361. The van der Waals surface area contributed by atoms with Crippen LogP contribution in [0.1, 0.15) is 31.4 Å². The van der Waals surface area contributed by atoms with Gasteiger partial charge in [-0.25, -0.2) is 5.01 Å². The van der Waals surface area contributed by atoms with E-state index in [1.54, 1.807) is 46.3 Å². The lowest BCUT2D eigenvalue weighted by Crippen LogP contribution is -2.57. The molecule has 0 aliphatic heterocycles. The van der Waals surface area contributed by atoms with Crippen LogP contribution in [0.25, 0.3) is 11.1 Å². The van der Waals surface area contributed by atoms with Gasteiger partial charge in [-0.05, 0) is 48.6 Å². The first-order valence-electron chi connectivity index (χ1n) is 14.9. The van der Waals surface area contributed by atoms with Crippen molar-refractivity contribution in [2.24, 2.45) is 5.73 Å². The highest BCUT2D eigenvalue weighted by Crippen LogP contribution is 2.22.